The van der Waals surface area contributed by atoms with Crippen molar-refractivity contribution in [1.82, 2.24) is 10.2 Å². The van der Waals surface area contributed by atoms with Crippen LogP contribution in [0.15, 0.2) is 46.5 Å². The van der Waals surface area contributed by atoms with Gasteiger partial charge in [0.25, 0.3) is 0 Å². The molecule has 0 atom stereocenters. The average molecular weight is 507 g/mol. The van der Waals surface area contributed by atoms with Crippen LogP contribution in [0.3, 0.4) is 0 Å². The molecule has 9 nitrogen and oxygen atoms in total. The number of unbranched alkanes of at least 4 members (excludes halogenated alkanes) is 2. The van der Waals surface area contributed by atoms with Gasteiger partial charge < -0.3 is 15.9 Å². The van der Waals surface area contributed by atoms with Crippen LogP contribution in [0.4, 0.5) is 19.0 Å². The van der Waals surface area contributed by atoms with E-state index in [-0.39, 0.29) is 23.7 Å². The number of carbonyl (C=O) groups excluding carboxylic acids is 2. The fourth-order valence-corrected chi connectivity index (χ4v) is 3.09. The molecule has 0 saturated heterocycles. The molecule has 0 saturated carbocycles. The Hall–Kier alpha value is -3.83. The van der Waals surface area contributed by atoms with Crippen molar-refractivity contribution in [2.75, 3.05) is 11.9 Å². The second kappa shape index (κ2) is 14.5. The Kier molecular flexibility index (Phi) is 11.5. The number of carbonyl (C=O) groups is 2. The third-order valence-corrected chi connectivity index (χ3v) is 4.85. The standard InChI is InChI=1S/C24H29F3N6O3/c1-2-3-10-21(34)20(31-28)16-29-13-5-4-8-18-11-12-22(33-32-18)30-23(35)15-17-7-6-9-19(14-17)36-24(25,26)27/h6-7,9,11-12,14,16H,2-5,8,10,13,15,28H2,1H3,(H,30,33,35). The van der Waals surface area contributed by atoms with Gasteiger partial charge in [-0.25, -0.2) is 0 Å². The number of aromatic nitrogens is 2. The summed E-state index contributed by atoms with van der Waals surface area (Å²) in [5.41, 5.74) is 1.26. The Bertz CT molecular complexity index is 1060. The molecule has 0 unspecified atom stereocenters. The number of nitrogens with zero attached hydrogens (tertiary/aromatic N) is 4. The monoisotopic (exact) mass is 506 g/mol. The predicted octanol–water partition coefficient (Wildman–Crippen LogP) is 4.02. The third kappa shape index (κ3) is 11.1. The molecule has 194 valence electrons. The summed E-state index contributed by atoms with van der Waals surface area (Å²) in [4.78, 5) is 28.3. The Morgan fingerprint density at radius 3 is 2.61 bits per heavy atom. The number of rotatable bonds is 14. The van der Waals surface area contributed by atoms with E-state index in [0.717, 1.165) is 43.5 Å². The summed E-state index contributed by atoms with van der Waals surface area (Å²) in [6.45, 7) is 2.51. The normalized spacial score (nSPS) is 12.1. The summed E-state index contributed by atoms with van der Waals surface area (Å²) < 4.78 is 40.9. The fraction of sp³-hybridized carbons (Fsp3) is 0.417. The van der Waals surface area contributed by atoms with Gasteiger partial charge in [0, 0.05) is 13.0 Å². The topological polar surface area (TPSA) is 132 Å². The molecule has 1 aromatic carbocycles. The highest BCUT2D eigenvalue weighted by Gasteiger charge is 2.31. The molecule has 0 spiro atoms. The number of nitrogens with one attached hydrogen (secondary N) is 1. The van der Waals surface area contributed by atoms with Gasteiger partial charge in [-0.15, -0.1) is 18.3 Å². The van der Waals surface area contributed by atoms with E-state index in [0.29, 0.717) is 24.9 Å². The maximum absolute atomic E-state index is 12.3. The van der Waals surface area contributed by atoms with Crippen molar-refractivity contribution in [2.45, 2.75) is 58.2 Å². The number of amides is 1. The smallest absolute Gasteiger partial charge is 0.406 e. The van der Waals surface area contributed by atoms with Crippen LogP contribution in [0.1, 0.15) is 50.3 Å². The van der Waals surface area contributed by atoms with Gasteiger partial charge in [0.15, 0.2) is 11.6 Å². The quantitative estimate of drug-likeness (QED) is 0.172. The molecule has 0 bridgehead atoms. The zero-order valence-electron chi connectivity index (χ0n) is 19.9. The first-order chi connectivity index (χ1) is 17.2. The van der Waals surface area contributed by atoms with Crippen LogP contribution < -0.4 is 15.9 Å². The van der Waals surface area contributed by atoms with Crippen LogP contribution in [0.25, 0.3) is 0 Å². The minimum Gasteiger partial charge on any atom is -0.406 e. The zero-order chi connectivity index (χ0) is 26.4. The summed E-state index contributed by atoms with van der Waals surface area (Å²) in [6, 6.07) is 8.55. The van der Waals surface area contributed by atoms with E-state index in [1.54, 1.807) is 12.1 Å². The minimum atomic E-state index is -4.80. The van der Waals surface area contributed by atoms with Gasteiger partial charge in [0.1, 0.15) is 11.5 Å². The molecule has 2 rings (SSSR count). The number of anilines is 1. The number of halogens is 3. The number of benzene rings is 1. The van der Waals surface area contributed by atoms with Gasteiger partial charge in [0.05, 0.1) is 18.3 Å². The molecule has 0 fully saturated rings. The zero-order valence-corrected chi connectivity index (χ0v) is 19.9. The van der Waals surface area contributed by atoms with Crippen LogP contribution >= 0.6 is 0 Å². The lowest BCUT2D eigenvalue weighted by Crippen LogP contribution is -2.18. The van der Waals surface area contributed by atoms with Gasteiger partial charge in [-0.2, -0.15) is 10.2 Å². The van der Waals surface area contributed by atoms with E-state index in [4.69, 9.17) is 5.84 Å². The van der Waals surface area contributed by atoms with E-state index in [1.807, 2.05) is 6.92 Å². The largest absolute Gasteiger partial charge is 0.573 e. The van der Waals surface area contributed by atoms with Gasteiger partial charge >= 0.3 is 6.36 Å². The van der Waals surface area contributed by atoms with E-state index in [1.165, 1.54) is 18.3 Å². The number of hydrogen-bond donors (Lipinski definition) is 2. The Labute approximate surface area is 207 Å². The fourth-order valence-electron chi connectivity index (χ4n) is 3.09. The highest BCUT2D eigenvalue weighted by molar-refractivity contribution is 6.61. The first-order valence-corrected chi connectivity index (χ1v) is 11.5. The van der Waals surface area contributed by atoms with Crippen molar-refractivity contribution < 1.29 is 27.5 Å². The van der Waals surface area contributed by atoms with E-state index in [9.17, 15) is 22.8 Å². The second-order valence-electron chi connectivity index (χ2n) is 7.86. The van der Waals surface area contributed by atoms with Crippen molar-refractivity contribution in [3.8, 4) is 5.75 Å². The number of ether oxygens (including phenoxy) is 1. The number of aryl methyl sites for hydroxylation is 1. The molecule has 1 amide bonds. The van der Waals surface area contributed by atoms with E-state index < -0.39 is 18.0 Å². The summed E-state index contributed by atoms with van der Waals surface area (Å²) in [5, 5.41) is 14.1. The number of Topliss-reactive ketones (excluding diaryl/α,β-unsaturated/α-hetero) is 1. The van der Waals surface area contributed by atoms with Crippen molar-refractivity contribution in [2.24, 2.45) is 15.9 Å². The summed E-state index contributed by atoms with van der Waals surface area (Å²) in [6.07, 6.45) is 0.742. The highest BCUT2D eigenvalue weighted by Crippen LogP contribution is 2.23. The molecule has 0 aliphatic rings. The number of ketones is 1. The lowest BCUT2D eigenvalue weighted by molar-refractivity contribution is -0.274. The highest BCUT2D eigenvalue weighted by atomic mass is 19.4. The van der Waals surface area contributed by atoms with Gasteiger partial charge in [-0.3, -0.25) is 14.6 Å². The van der Waals surface area contributed by atoms with Crippen LogP contribution in [0, 0.1) is 0 Å². The van der Waals surface area contributed by atoms with Crippen molar-refractivity contribution >= 4 is 29.4 Å². The first-order valence-electron chi connectivity index (χ1n) is 11.5. The van der Waals surface area contributed by atoms with Gasteiger partial charge in [-0.05, 0) is 55.5 Å². The lowest BCUT2D eigenvalue weighted by atomic mass is 10.1. The Morgan fingerprint density at radius 1 is 1.14 bits per heavy atom. The van der Waals surface area contributed by atoms with Crippen LogP contribution in [0.5, 0.6) is 5.75 Å². The second-order valence-corrected chi connectivity index (χ2v) is 7.86. The van der Waals surface area contributed by atoms with Crippen LogP contribution in [-0.4, -0.2) is 46.7 Å². The van der Waals surface area contributed by atoms with Crippen molar-refractivity contribution in [3.63, 3.8) is 0 Å². The van der Waals surface area contributed by atoms with Crippen molar-refractivity contribution in [3.05, 3.63) is 47.7 Å². The van der Waals surface area contributed by atoms with Gasteiger partial charge in [0.2, 0.25) is 5.91 Å². The molecule has 2 aromatic rings. The number of hydrogen-bond acceptors (Lipinski definition) is 8. The summed E-state index contributed by atoms with van der Waals surface area (Å²) in [5.74, 6) is 4.53. The van der Waals surface area contributed by atoms with Gasteiger partial charge in [-0.1, -0.05) is 25.5 Å². The molecule has 0 aliphatic heterocycles. The molecule has 0 aliphatic carbocycles. The van der Waals surface area contributed by atoms with Crippen LogP contribution in [-0.2, 0) is 22.4 Å². The summed E-state index contributed by atoms with van der Waals surface area (Å²) >= 11 is 0. The summed E-state index contributed by atoms with van der Waals surface area (Å²) in [7, 11) is 0. The molecular weight excluding hydrogens is 477 g/mol. The molecular formula is C24H29F3N6O3. The predicted molar refractivity (Wildman–Crippen MR) is 130 cm³/mol. The SMILES string of the molecule is CCCCC(=O)C(C=NCCCCc1ccc(NC(=O)Cc2cccc(OC(F)(F)F)c2)nn1)=NN. The third-order valence-electron chi connectivity index (χ3n) is 4.85. The Morgan fingerprint density at radius 2 is 1.94 bits per heavy atom. The molecule has 12 heteroatoms. The average Bonchev–Trinajstić information content (AvgIpc) is 2.82. The first kappa shape index (κ1) is 28.4. The van der Waals surface area contributed by atoms with E-state index in [2.05, 4.69) is 30.3 Å². The molecule has 36 heavy (non-hydrogen) atoms. The lowest BCUT2D eigenvalue weighted by Gasteiger charge is -2.10. The van der Waals surface area contributed by atoms with Crippen molar-refractivity contribution in [1.29, 1.82) is 0 Å². The Balaban J connectivity index is 1.73. The number of nitrogens with two attached hydrogens (primary N) is 1. The number of alkyl halides is 3. The molecule has 0 radical (unpaired) electrons. The molecule has 3 N–H and O–H groups in total. The molecule has 1 heterocycles. The number of hydrazone groups is 1. The molecule has 1 aromatic heterocycles. The van der Waals surface area contributed by atoms with E-state index >= 15 is 0 Å². The number of aliphatic imine (C=N–C) groups is 1. The minimum absolute atomic E-state index is 0.116. The maximum Gasteiger partial charge on any atom is 0.573 e. The van der Waals surface area contributed by atoms with Crippen LogP contribution in [0.2, 0.25) is 0 Å². The maximum atomic E-state index is 12.3.